The second-order valence-electron chi connectivity index (χ2n) is 4.27. The SMILES string of the molecule is C[C@H](N)c1nc(-c2cccc3ccccc23)no1. The lowest BCUT2D eigenvalue weighted by Crippen LogP contribution is -2.04. The predicted molar refractivity (Wildman–Crippen MR) is 69.8 cm³/mol. The Morgan fingerprint density at radius 1 is 1.11 bits per heavy atom. The van der Waals surface area contributed by atoms with Gasteiger partial charge in [0, 0.05) is 5.56 Å². The van der Waals surface area contributed by atoms with Gasteiger partial charge in [-0.05, 0) is 17.7 Å². The lowest BCUT2D eigenvalue weighted by molar-refractivity contribution is 0.362. The molecule has 4 heteroatoms. The second-order valence-corrected chi connectivity index (χ2v) is 4.27. The molecule has 0 unspecified atom stereocenters. The molecule has 0 aliphatic heterocycles. The maximum absolute atomic E-state index is 5.72. The molecule has 0 aliphatic rings. The Labute approximate surface area is 104 Å². The van der Waals surface area contributed by atoms with Gasteiger partial charge in [0.25, 0.3) is 0 Å². The van der Waals surface area contributed by atoms with Crippen molar-refractivity contribution in [3.63, 3.8) is 0 Å². The van der Waals surface area contributed by atoms with Gasteiger partial charge in [-0.1, -0.05) is 47.6 Å². The Balaban J connectivity index is 2.18. The number of nitrogens with two attached hydrogens (primary N) is 1. The quantitative estimate of drug-likeness (QED) is 0.746. The van der Waals surface area contributed by atoms with Gasteiger partial charge in [-0.25, -0.2) is 0 Å². The molecule has 0 aliphatic carbocycles. The number of hydrogen-bond donors (Lipinski definition) is 1. The van der Waals surface area contributed by atoms with Crippen molar-refractivity contribution in [1.82, 2.24) is 10.1 Å². The van der Waals surface area contributed by atoms with Crippen molar-refractivity contribution in [2.75, 3.05) is 0 Å². The van der Waals surface area contributed by atoms with Gasteiger partial charge in [0.15, 0.2) is 0 Å². The first-order valence-electron chi connectivity index (χ1n) is 5.83. The highest BCUT2D eigenvalue weighted by atomic mass is 16.5. The minimum atomic E-state index is -0.249. The van der Waals surface area contributed by atoms with E-state index in [-0.39, 0.29) is 6.04 Å². The highest BCUT2D eigenvalue weighted by Gasteiger charge is 2.13. The van der Waals surface area contributed by atoms with Crippen LogP contribution in [-0.2, 0) is 0 Å². The summed E-state index contributed by atoms with van der Waals surface area (Å²) in [5, 5.41) is 6.25. The first kappa shape index (κ1) is 10.9. The zero-order chi connectivity index (χ0) is 12.5. The van der Waals surface area contributed by atoms with E-state index in [9.17, 15) is 0 Å². The Kier molecular flexibility index (Phi) is 2.57. The summed E-state index contributed by atoms with van der Waals surface area (Å²) in [4.78, 5) is 4.33. The Morgan fingerprint density at radius 2 is 1.89 bits per heavy atom. The number of hydrogen-bond acceptors (Lipinski definition) is 4. The maximum Gasteiger partial charge on any atom is 0.243 e. The fourth-order valence-corrected chi connectivity index (χ4v) is 1.95. The average molecular weight is 239 g/mol. The van der Waals surface area contributed by atoms with Gasteiger partial charge in [0.05, 0.1) is 6.04 Å². The van der Waals surface area contributed by atoms with E-state index < -0.39 is 0 Å². The van der Waals surface area contributed by atoms with Crippen LogP contribution >= 0.6 is 0 Å². The third-order valence-corrected chi connectivity index (χ3v) is 2.86. The first-order valence-corrected chi connectivity index (χ1v) is 5.83. The number of benzene rings is 2. The zero-order valence-corrected chi connectivity index (χ0v) is 10.00. The van der Waals surface area contributed by atoms with Crippen molar-refractivity contribution < 1.29 is 4.52 Å². The molecule has 90 valence electrons. The van der Waals surface area contributed by atoms with Gasteiger partial charge in [-0.2, -0.15) is 4.98 Å². The van der Waals surface area contributed by atoms with Gasteiger partial charge in [0.2, 0.25) is 11.7 Å². The van der Waals surface area contributed by atoms with Gasteiger partial charge in [-0.15, -0.1) is 0 Å². The van der Waals surface area contributed by atoms with E-state index in [1.807, 2.05) is 37.3 Å². The van der Waals surface area contributed by atoms with Gasteiger partial charge in [0.1, 0.15) is 0 Å². The molecule has 1 heterocycles. The molecular weight excluding hydrogens is 226 g/mol. The molecule has 0 amide bonds. The highest BCUT2D eigenvalue weighted by Crippen LogP contribution is 2.26. The van der Waals surface area contributed by atoms with E-state index in [0.29, 0.717) is 11.7 Å². The van der Waals surface area contributed by atoms with E-state index in [2.05, 4.69) is 22.3 Å². The van der Waals surface area contributed by atoms with Gasteiger partial charge >= 0.3 is 0 Å². The summed E-state index contributed by atoms with van der Waals surface area (Å²) < 4.78 is 5.14. The van der Waals surface area contributed by atoms with E-state index in [4.69, 9.17) is 10.3 Å². The van der Waals surface area contributed by atoms with Crippen LogP contribution in [0.15, 0.2) is 47.0 Å². The van der Waals surface area contributed by atoms with E-state index >= 15 is 0 Å². The van der Waals surface area contributed by atoms with Crippen LogP contribution in [0.25, 0.3) is 22.2 Å². The molecular formula is C14H13N3O. The second kappa shape index (κ2) is 4.23. The summed E-state index contributed by atoms with van der Waals surface area (Å²) in [5.74, 6) is 1.04. The Bertz CT molecular complexity index is 683. The number of nitrogens with zero attached hydrogens (tertiary/aromatic N) is 2. The summed E-state index contributed by atoms with van der Waals surface area (Å²) >= 11 is 0. The molecule has 3 rings (SSSR count). The molecule has 0 radical (unpaired) electrons. The number of rotatable bonds is 2. The topological polar surface area (TPSA) is 64.9 Å². The average Bonchev–Trinajstić information content (AvgIpc) is 2.87. The third-order valence-electron chi connectivity index (χ3n) is 2.86. The van der Waals surface area contributed by atoms with Crippen LogP contribution in [0.2, 0.25) is 0 Å². The van der Waals surface area contributed by atoms with Gasteiger partial charge < -0.3 is 10.3 Å². The molecule has 18 heavy (non-hydrogen) atoms. The van der Waals surface area contributed by atoms with Crippen molar-refractivity contribution in [3.8, 4) is 11.4 Å². The molecule has 0 bridgehead atoms. The molecule has 0 fully saturated rings. The fraction of sp³-hybridized carbons (Fsp3) is 0.143. The van der Waals surface area contributed by atoms with Crippen molar-refractivity contribution in [1.29, 1.82) is 0 Å². The molecule has 3 aromatic rings. The van der Waals surface area contributed by atoms with Crippen molar-refractivity contribution in [2.24, 2.45) is 5.73 Å². The number of fused-ring (bicyclic) bond motifs is 1. The molecule has 2 N–H and O–H groups in total. The van der Waals surface area contributed by atoms with Crippen LogP contribution in [-0.4, -0.2) is 10.1 Å². The van der Waals surface area contributed by atoms with Crippen molar-refractivity contribution in [2.45, 2.75) is 13.0 Å². The largest absolute Gasteiger partial charge is 0.337 e. The van der Waals surface area contributed by atoms with Crippen LogP contribution in [0.3, 0.4) is 0 Å². The Hall–Kier alpha value is -2.20. The molecule has 0 spiro atoms. The van der Waals surface area contributed by atoms with E-state index in [0.717, 1.165) is 16.3 Å². The standard InChI is InChI=1S/C14H13N3O/c1-9(15)14-16-13(17-18-14)12-8-4-6-10-5-2-3-7-11(10)12/h2-9H,15H2,1H3/t9-/m0/s1. The van der Waals surface area contributed by atoms with Crippen LogP contribution in [0, 0.1) is 0 Å². The normalized spacial score (nSPS) is 12.8. The predicted octanol–water partition coefficient (Wildman–Crippen LogP) is 2.91. The maximum atomic E-state index is 5.72. The van der Waals surface area contributed by atoms with Crippen LogP contribution < -0.4 is 5.73 Å². The van der Waals surface area contributed by atoms with Crippen molar-refractivity contribution in [3.05, 3.63) is 48.4 Å². The minimum absolute atomic E-state index is 0.249. The fourth-order valence-electron chi connectivity index (χ4n) is 1.95. The number of aromatic nitrogens is 2. The minimum Gasteiger partial charge on any atom is -0.337 e. The molecule has 0 saturated heterocycles. The summed E-state index contributed by atoms with van der Waals surface area (Å²) in [7, 11) is 0. The molecule has 2 aromatic carbocycles. The monoisotopic (exact) mass is 239 g/mol. The molecule has 1 aromatic heterocycles. The zero-order valence-electron chi connectivity index (χ0n) is 10.00. The Morgan fingerprint density at radius 3 is 2.67 bits per heavy atom. The van der Waals surface area contributed by atoms with E-state index in [1.165, 1.54) is 0 Å². The molecule has 4 nitrogen and oxygen atoms in total. The molecule has 1 atom stereocenters. The lowest BCUT2D eigenvalue weighted by atomic mass is 10.0. The van der Waals surface area contributed by atoms with Gasteiger partial charge in [-0.3, -0.25) is 0 Å². The summed E-state index contributed by atoms with van der Waals surface area (Å²) in [6.45, 7) is 1.82. The lowest BCUT2D eigenvalue weighted by Gasteiger charge is -2.01. The molecule has 0 saturated carbocycles. The smallest absolute Gasteiger partial charge is 0.243 e. The first-order chi connectivity index (χ1) is 8.75. The highest BCUT2D eigenvalue weighted by molar-refractivity contribution is 5.94. The summed E-state index contributed by atoms with van der Waals surface area (Å²) in [6.07, 6.45) is 0. The van der Waals surface area contributed by atoms with Crippen LogP contribution in [0.5, 0.6) is 0 Å². The summed E-state index contributed by atoms with van der Waals surface area (Å²) in [6, 6.07) is 13.9. The van der Waals surface area contributed by atoms with Crippen molar-refractivity contribution >= 4 is 10.8 Å². The van der Waals surface area contributed by atoms with E-state index in [1.54, 1.807) is 0 Å². The summed E-state index contributed by atoms with van der Waals surface area (Å²) in [5.41, 5.74) is 6.68. The third kappa shape index (κ3) is 1.76. The van der Waals surface area contributed by atoms with Crippen LogP contribution in [0.1, 0.15) is 18.9 Å². The van der Waals surface area contributed by atoms with Crippen LogP contribution in [0.4, 0.5) is 0 Å².